The van der Waals surface area contributed by atoms with Gasteiger partial charge in [0.25, 0.3) is 0 Å². The molecule has 0 spiro atoms. The van der Waals surface area contributed by atoms with E-state index in [0.29, 0.717) is 12.1 Å². The molecule has 0 radical (unpaired) electrons. The maximum Gasteiger partial charge on any atom is 0.233 e. The Balaban J connectivity index is 0.00000128. The van der Waals surface area contributed by atoms with Crippen LogP contribution in [0.2, 0.25) is 0 Å². The largest absolute Gasteiger partial charge is 0.352 e. The van der Waals surface area contributed by atoms with Crippen LogP contribution in [0.5, 0.6) is 0 Å². The second-order valence-corrected chi connectivity index (χ2v) is 5.94. The predicted octanol–water partition coefficient (Wildman–Crippen LogP) is 1.69. The van der Waals surface area contributed by atoms with Gasteiger partial charge in [0.15, 0.2) is 0 Å². The van der Waals surface area contributed by atoms with Crippen LogP contribution in [0, 0.1) is 0 Å². The van der Waals surface area contributed by atoms with E-state index in [1.807, 2.05) is 0 Å². The third-order valence-electron chi connectivity index (χ3n) is 3.28. The fourth-order valence-electron chi connectivity index (χ4n) is 2.44. The molecule has 5 heteroatoms. The minimum absolute atomic E-state index is 0. The molecule has 1 aliphatic carbocycles. The van der Waals surface area contributed by atoms with Crippen LogP contribution >= 0.6 is 24.2 Å². The number of hydrogen-bond acceptors (Lipinski definition) is 3. The zero-order chi connectivity index (χ0) is 10.7. The molecule has 2 aliphatic rings. The van der Waals surface area contributed by atoms with Gasteiger partial charge in [-0.25, -0.2) is 0 Å². The van der Waals surface area contributed by atoms with E-state index in [2.05, 4.69) is 5.32 Å². The lowest BCUT2D eigenvalue weighted by atomic mass is 9.91. The second-order valence-electron chi connectivity index (χ2n) is 4.63. The molecule has 0 bridgehead atoms. The van der Waals surface area contributed by atoms with Crippen molar-refractivity contribution in [3.8, 4) is 0 Å². The molecule has 3 N–H and O–H groups in total. The Morgan fingerprint density at radius 2 is 2.06 bits per heavy atom. The molecule has 2 fully saturated rings. The maximum atomic E-state index is 11.8. The lowest BCUT2D eigenvalue weighted by Gasteiger charge is -2.28. The highest BCUT2D eigenvalue weighted by Crippen LogP contribution is 2.27. The van der Waals surface area contributed by atoms with Gasteiger partial charge in [-0.05, 0) is 44.3 Å². The van der Waals surface area contributed by atoms with E-state index >= 15 is 0 Å². The summed E-state index contributed by atoms with van der Waals surface area (Å²) in [6.07, 6.45) is 6.58. The Kier molecular flexibility index (Phi) is 5.94. The lowest BCUT2D eigenvalue weighted by molar-refractivity contribution is -0.121. The molecular formula is C11H21ClN2OS. The van der Waals surface area contributed by atoms with Gasteiger partial charge in [0, 0.05) is 12.1 Å². The molecule has 3 nitrogen and oxygen atoms in total. The highest BCUT2D eigenvalue weighted by atomic mass is 35.5. The van der Waals surface area contributed by atoms with Crippen LogP contribution in [-0.2, 0) is 4.79 Å². The van der Waals surface area contributed by atoms with Crippen molar-refractivity contribution in [2.24, 2.45) is 5.73 Å². The van der Waals surface area contributed by atoms with Crippen LogP contribution in [-0.4, -0.2) is 29.0 Å². The molecule has 2 rings (SSSR count). The van der Waals surface area contributed by atoms with Crippen LogP contribution in [0.3, 0.4) is 0 Å². The second kappa shape index (κ2) is 6.72. The summed E-state index contributed by atoms with van der Waals surface area (Å²) in [5.74, 6) is 1.39. The van der Waals surface area contributed by atoms with E-state index in [9.17, 15) is 4.79 Å². The summed E-state index contributed by atoms with van der Waals surface area (Å²) in [7, 11) is 0. The van der Waals surface area contributed by atoms with E-state index in [0.717, 1.165) is 37.9 Å². The first-order chi connectivity index (χ1) is 7.25. The van der Waals surface area contributed by atoms with E-state index in [-0.39, 0.29) is 23.6 Å². The molecule has 3 atom stereocenters. The molecule has 0 aromatic heterocycles. The Morgan fingerprint density at radius 1 is 1.25 bits per heavy atom. The third kappa shape index (κ3) is 3.82. The average Bonchev–Trinajstić information content (AvgIpc) is 2.70. The summed E-state index contributed by atoms with van der Waals surface area (Å²) in [5, 5.41) is 3.36. The van der Waals surface area contributed by atoms with Crippen molar-refractivity contribution in [2.45, 2.75) is 55.9 Å². The topological polar surface area (TPSA) is 55.1 Å². The van der Waals surface area contributed by atoms with Crippen molar-refractivity contribution in [2.75, 3.05) is 5.75 Å². The smallest absolute Gasteiger partial charge is 0.233 e. The SMILES string of the molecule is Cl.NC1CCCC(NC(=O)C2CCCS2)C1. The number of hydrogen-bond donors (Lipinski definition) is 2. The number of rotatable bonds is 2. The average molecular weight is 265 g/mol. The minimum Gasteiger partial charge on any atom is -0.352 e. The van der Waals surface area contributed by atoms with Gasteiger partial charge in [0.05, 0.1) is 5.25 Å². The normalized spacial score (nSPS) is 34.2. The molecule has 0 aromatic carbocycles. The van der Waals surface area contributed by atoms with Gasteiger partial charge in [0.1, 0.15) is 0 Å². The molecular weight excluding hydrogens is 244 g/mol. The lowest BCUT2D eigenvalue weighted by Crippen LogP contribution is -2.44. The van der Waals surface area contributed by atoms with Crippen molar-refractivity contribution in [1.29, 1.82) is 0 Å². The summed E-state index contributed by atoms with van der Waals surface area (Å²) in [4.78, 5) is 11.8. The molecule has 16 heavy (non-hydrogen) atoms. The zero-order valence-electron chi connectivity index (χ0n) is 9.48. The van der Waals surface area contributed by atoms with Gasteiger partial charge in [-0.3, -0.25) is 4.79 Å². The van der Waals surface area contributed by atoms with Crippen LogP contribution in [0.1, 0.15) is 38.5 Å². The van der Waals surface area contributed by atoms with Gasteiger partial charge in [-0.2, -0.15) is 0 Å². The van der Waals surface area contributed by atoms with Crippen molar-refractivity contribution >= 4 is 30.1 Å². The third-order valence-corrected chi connectivity index (χ3v) is 4.66. The molecule has 3 unspecified atom stereocenters. The first-order valence-corrected chi connectivity index (χ1v) is 6.98. The summed E-state index contributed by atoms with van der Waals surface area (Å²) < 4.78 is 0. The molecule has 1 saturated heterocycles. The predicted molar refractivity (Wildman–Crippen MR) is 71.1 cm³/mol. The fourth-order valence-corrected chi connectivity index (χ4v) is 3.61. The van der Waals surface area contributed by atoms with Crippen LogP contribution < -0.4 is 11.1 Å². The zero-order valence-corrected chi connectivity index (χ0v) is 11.1. The Bertz CT molecular complexity index is 234. The van der Waals surface area contributed by atoms with Crippen LogP contribution in [0.4, 0.5) is 0 Å². The molecule has 1 aliphatic heterocycles. The van der Waals surface area contributed by atoms with Crippen molar-refractivity contribution in [3.63, 3.8) is 0 Å². The van der Waals surface area contributed by atoms with Crippen molar-refractivity contribution in [1.82, 2.24) is 5.32 Å². The molecule has 1 amide bonds. The quantitative estimate of drug-likeness (QED) is 0.798. The van der Waals surface area contributed by atoms with Gasteiger partial charge in [-0.15, -0.1) is 24.2 Å². The highest BCUT2D eigenvalue weighted by Gasteiger charge is 2.27. The number of halogens is 1. The van der Waals surface area contributed by atoms with E-state index in [1.54, 1.807) is 11.8 Å². The summed E-state index contributed by atoms with van der Waals surface area (Å²) >= 11 is 1.80. The number of thioether (sulfide) groups is 1. The first kappa shape index (κ1) is 14.1. The van der Waals surface area contributed by atoms with E-state index in [1.165, 1.54) is 6.42 Å². The van der Waals surface area contributed by atoms with Crippen molar-refractivity contribution in [3.05, 3.63) is 0 Å². The monoisotopic (exact) mass is 264 g/mol. The number of carbonyl (C=O) groups is 1. The standard InChI is InChI=1S/C11H20N2OS.ClH/c12-8-3-1-4-9(7-8)13-11(14)10-5-2-6-15-10;/h8-10H,1-7,12H2,(H,13,14);1H. The highest BCUT2D eigenvalue weighted by molar-refractivity contribution is 8.00. The van der Waals surface area contributed by atoms with E-state index in [4.69, 9.17) is 5.73 Å². The molecule has 1 heterocycles. The summed E-state index contributed by atoms with van der Waals surface area (Å²) in [6.45, 7) is 0. The number of nitrogens with two attached hydrogens (primary N) is 1. The Hall–Kier alpha value is 0.0700. The van der Waals surface area contributed by atoms with Gasteiger partial charge in [0.2, 0.25) is 5.91 Å². The fraction of sp³-hybridized carbons (Fsp3) is 0.909. The first-order valence-electron chi connectivity index (χ1n) is 5.93. The van der Waals surface area contributed by atoms with Gasteiger partial charge < -0.3 is 11.1 Å². The molecule has 1 saturated carbocycles. The Labute approximate surface area is 108 Å². The van der Waals surface area contributed by atoms with Crippen molar-refractivity contribution < 1.29 is 4.79 Å². The number of carbonyl (C=O) groups excluding carboxylic acids is 1. The van der Waals surface area contributed by atoms with Gasteiger partial charge in [-0.1, -0.05) is 0 Å². The summed E-state index contributed by atoms with van der Waals surface area (Å²) in [5.41, 5.74) is 5.90. The molecule has 94 valence electrons. The number of nitrogens with one attached hydrogen (secondary N) is 1. The van der Waals surface area contributed by atoms with E-state index < -0.39 is 0 Å². The minimum atomic E-state index is 0. The number of amides is 1. The van der Waals surface area contributed by atoms with Gasteiger partial charge >= 0.3 is 0 Å². The maximum absolute atomic E-state index is 11.8. The summed E-state index contributed by atoms with van der Waals surface area (Å²) in [6, 6.07) is 0.628. The van der Waals surface area contributed by atoms with Crippen LogP contribution in [0.15, 0.2) is 0 Å². The van der Waals surface area contributed by atoms with Crippen LogP contribution in [0.25, 0.3) is 0 Å². The molecule has 0 aromatic rings. The Morgan fingerprint density at radius 3 is 2.69 bits per heavy atom.